The number of benzene rings is 1. The Morgan fingerprint density at radius 3 is 2.87 bits per heavy atom. The number of hydrogen-bond donors (Lipinski definition) is 1. The fourth-order valence-electron chi connectivity index (χ4n) is 1.77. The topological polar surface area (TPSA) is 72.2 Å². The Morgan fingerprint density at radius 1 is 1.47 bits per heavy atom. The van der Waals surface area contributed by atoms with E-state index < -0.39 is 4.92 Å². The van der Waals surface area contributed by atoms with Crippen LogP contribution in [0.2, 0.25) is 0 Å². The van der Waals surface area contributed by atoms with E-state index in [0.717, 1.165) is 5.56 Å². The summed E-state index contributed by atoms with van der Waals surface area (Å²) in [4.78, 5) is 21.5. The van der Waals surface area contributed by atoms with Crippen LogP contribution in [0.3, 0.4) is 0 Å². The fourth-order valence-corrected chi connectivity index (χ4v) is 1.77. The molecule has 2 rings (SSSR count). The minimum absolute atomic E-state index is 0.0344. The highest BCUT2D eigenvalue weighted by molar-refractivity contribution is 5.85. The van der Waals surface area contributed by atoms with Gasteiger partial charge in [-0.25, -0.2) is 0 Å². The molecule has 0 radical (unpaired) electrons. The van der Waals surface area contributed by atoms with Crippen molar-refractivity contribution in [1.82, 2.24) is 5.32 Å². The van der Waals surface area contributed by atoms with Crippen LogP contribution in [0, 0.1) is 10.1 Å². The minimum Gasteiger partial charge on any atom is -0.356 e. The molecule has 1 amide bonds. The minimum atomic E-state index is -0.448. The van der Waals surface area contributed by atoms with Crippen LogP contribution in [0.4, 0.5) is 5.69 Å². The highest BCUT2D eigenvalue weighted by atomic mass is 16.6. The summed E-state index contributed by atoms with van der Waals surface area (Å²) in [5.74, 6) is -0.277. The molecule has 0 aliphatic carbocycles. The second-order valence-electron chi connectivity index (χ2n) is 3.48. The van der Waals surface area contributed by atoms with Gasteiger partial charge in [0.2, 0.25) is 5.91 Å². The average molecular weight is 206 g/mol. The fraction of sp³-hybridized carbons (Fsp3) is 0.300. The van der Waals surface area contributed by atoms with E-state index in [1.54, 1.807) is 12.1 Å². The maximum absolute atomic E-state index is 11.4. The molecule has 1 saturated heterocycles. The van der Waals surface area contributed by atoms with Crippen molar-refractivity contribution in [2.24, 2.45) is 0 Å². The lowest BCUT2D eigenvalue weighted by atomic mass is 9.97. The monoisotopic (exact) mass is 206 g/mol. The van der Waals surface area contributed by atoms with E-state index in [1.165, 1.54) is 12.1 Å². The van der Waals surface area contributed by atoms with Crippen molar-refractivity contribution >= 4 is 11.6 Å². The van der Waals surface area contributed by atoms with Gasteiger partial charge in [-0.3, -0.25) is 14.9 Å². The molecular weight excluding hydrogens is 196 g/mol. The van der Waals surface area contributed by atoms with Gasteiger partial charge in [-0.2, -0.15) is 0 Å². The number of nitrogens with one attached hydrogen (secondary N) is 1. The zero-order valence-corrected chi connectivity index (χ0v) is 7.97. The van der Waals surface area contributed by atoms with Crippen molar-refractivity contribution in [1.29, 1.82) is 0 Å². The Kier molecular flexibility index (Phi) is 2.37. The second kappa shape index (κ2) is 3.68. The smallest absolute Gasteiger partial charge is 0.269 e. The molecule has 1 atom stereocenters. The van der Waals surface area contributed by atoms with E-state index in [-0.39, 0.29) is 17.5 Å². The Morgan fingerprint density at radius 2 is 2.27 bits per heavy atom. The molecule has 5 heteroatoms. The lowest BCUT2D eigenvalue weighted by Gasteiger charge is -2.05. The van der Waals surface area contributed by atoms with Gasteiger partial charge in [0, 0.05) is 18.7 Å². The highest BCUT2D eigenvalue weighted by Crippen LogP contribution is 2.26. The predicted molar refractivity (Wildman–Crippen MR) is 53.5 cm³/mol. The Balaban J connectivity index is 2.32. The maximum Gasteiger partial charge on any atom is 0.269 e. The lowest BCUT2D eigenvalue weighted by molar-refractivity contribution is -0.384. The molecule has 0 spiro atoms. The first-order chi connectivity index (χ1) is 7.18. The summed E-state index contributed by atoms with van der Waals surface area (Å²) in [6.07, 6.45) is 0.708. The molecular formula is C10H10N2O3. The molecule has 1 fully saturated rings. The number of rotatable bonds is 2. The number of carbonyl (C=O) groups is 1. The number of nitrogens with zero attached hydrogens (tertiary/aromatic N) is 1. The van der Waals surface area contributed by atoms with Crippen molar-refractivity contribution < 1.29 is 9.72 Å². The van der Waals surface area contributed by atoms with Crippen LogP contribution in [0.5, 0.6) is 0 Å². The summed E-state index contributed by atoms with van der Waals surface area (Å²) in [6.45, 7) is 0.645. The van der Waals surface area contributed by atoms with Gasteiger partial charge in [0.1, 0.15) is 0 Å². The molecule has 15 heavy (non-hydrogen) atoms. The van der Waals surface area contributed by atoms with Crippen LogP contribution in [0.1, 0.15) is 17.9 Å². The van der Waals surface area contributed by atoms with Crippen molar-refractivity contribution in [3.8, 4) is 0 Å². The zero-order valence-electron chi connectivity index (χ0n) is 7.97. The van der Waals surface area contributed by atoms with E-state index >= 15 is 0 Å². The van der Waals surface area contributed by atoms with Crippen LogP contribution in [-0.2, 0) is 4.79 Å². The molecule has 0 saturated carbocycles. The number of nitro benzene ring substituents is 1. The van der Waals surface area contributed by atoms with E-state index in [0.29, 0.717) is 13.0 Å². The Labute approximate surface area is 86.2 Å². The third kappa shape index (κ3) is 1.81. The summed E-state index contributed by atoms with van der Waals surface area (Å²) in [6, 6.07) is 6.26. The van der Waals surface area contributed by atoms with E-state index in [9.17, 15) is 14.9 Å². The van der Waals surface area contributed by atoms with Crippen molar-refractivity contribution in [3.63, 3.8) is 0 Å². The number of nitro groups is 1. The molecule has 1 N–H and O–H groups in total. The van der Waals surface area contributed by atoms with Crippen molar-refractivity contribution in [2.75, 3.05) is 6.54 Å². The van der Waals surface area contributed by atoms with Gasteiger partial charge in [0.15, 0.2) is 0 Å². The molecule has 78 valence electrons. The maximum atomic E-state index is 11.4. The molecule has 0 aromatic heterocycles. The molecule has 1 aromatic carbocycles. The summed E-state index contributed by atoms with van der Waals surface area (Å²) < 4.78 is 0. The SMILES string of the molecule is O=C1NCC[C@H]1c1cccc([N+](=O)[O-])c1. The number of amides is 1. The third-order valence-corrected chi connectivity index (χ3v) is 2.53. The zero-order chi connectivity index (χ0) is 10.8. The Bertz CT molecular complexity index is 417. The number of hydrogen-bond acceptors (Lipinski definition) is 3. The van der Waals surface area contributed by atoms with Gasteiger partial charge in [0.05, 0.1) is 10.8 Å². The summed E-state index contributed by atoms with van der Waals surface area (Å²) in [5, 5.41) is 13.3. The van der Waals surface area contributed by atoms with Crippen LogP contribution in [0.15, 0.2) is 24.3 Å². The lowest BCUT2D eigenvalue weighted by Crippen LogP contribution is -2.17. The van der Waals surface area contributed by atoms with Gasteiger partial charge in [0.25, 0.3) is 5.69 Å². The largest absolute Gasteiger partial charge is 0.356 e. The highest BCUT2D eigenvalue weighted by Gasteiger charge is 2.26. The quantitative estimate of drug-likeness (QED) is 0.583. The summed E-state index contributed by atoms with van der Waals surface area (Å²) in [5.41, 5.74) is 0.756. The van der Waals surface area contributed by atoms with E-state index in [4.69, 9.17) is 0 Å². The van der Waals surface area contributed by atoms with Gasteiger partial charge < -0.3 is 5.32 Å². The van der Waals surface area contributed by atoms with Gasteiger partial charge in [-0.1, -0.05) is 12.1 Å². The van der Waals surface area contributed by atoms with Gasteiger partial charge in [-0.05, 0) is 12.0 Å². The van der Waals surface area contributed by atoms with Crippen LogP contribution < -0.4 is 5.32 Å². The number of carbonyl (C=O) groups excluding carboxylic acids is 1. The summed E-state index contributed by atoms with van der Waals surface area (Å²) in [7, 11) is 0. The first-order valence-electron chi connectivity index (χ1n) is 4.70. The molecule has 1 aromatic rings. The summed E-state index contributed by atoms with van der Waals surface area (Å²) >= 11 is 0. The third-order valence-electron chi connectivity index (χ3n) is 2.53. The van der Waals surface area contributed by atoms with E-state index in [2.05, 4.69) is 5.32 Å². The molecule has 1 heterocycles. The standard InChI is InChI=1S/C10H10N2O3/c13-10-9(4-5-11-10)7-2-1-3-8(6-7)12(14)15/h1-3,6,9H,4-5H2,(H,11,13)/t9-/m0/s1. The van der Waals surface area contributed by atoms with Crippen LogP contribution in [-0.4, -0.2) is 17.4 Å². The molecule has 1 aliphatic heterocycles. The first kappa shape index (κ1) is 9.64. The molecule has 1 aliphatic rings. The van der Waals surface area contributed by atoms with E-state index in [1.807, 2.05) is 0 Å². The van der Waals surface area contributed by atoms with Crippen LogP contribution >= 0.6 is 0 Å². The number of non-ortho nitro benzene ring substituents is 1. The van der Waals surface area contributed by atoms with Gasteiger partial charge in [-0.15, -0.1) is 0 Å². The van der Waals surface area contributed by atoms with Crippen molar-refractivity contribution in [2.45, 2.75) is 12.3 Å². The van der Waals surface area contributed by atoms with Crippen LogP contribution in [0.25, 0.3) is 0 Å². The van der Waals surface area contributed by atoms with Crippen molar-refractivity contribution in [3.05, 3.63) is 39.9 Å². The second-order valence-corrected chi connectivity index (χ2v) is 3.48. The predicted octanol–water partition coefficient (Wildman–Crippen LogP) is 1.20. The average Bonchev–Trinajstić information content (AvgIpc) is 2.64. The van der Waals surface area contributed by atoms with Gasteiger partial charge >= 0.3 is 0 Å². The first-order valence-corrected chi connectivity index (χ1v) is 4.70. The normalized spacial score (nSPS) is 20.0. The Hall–Kier alpha value is -1.91. The molecule has 5 nitrogen and oxygen atoms in total. The molecule has 0 unspecified atom stereocenters. The molecule has 0 bridgehead atoms.